The molecule has 0 radical (unpaired) electrons. The molecule has 3 rings (SSSR count). The van der Waals surface area contributed by atoms with E-state index in [-0.39, 0.29) is 5.92 Å². The molecule has 1 aliphatic heterocycles. The third kappa shape index (κ3) is 2.29. The van der Waals surface area contributed by atoms with Crippen LogP contribution in [0, 0.1) is 12.8 Å². The summed E-state index contributed by atoms with van der Waals surface area (Å²) in [5.41, 5.74) is 2.43. The number of rotatable bonds is 2. The second kappa shape index (κ2) is 4.79. The third-order valence-corrected chi connectivity index (χ3v) is 4.11. The lowest BCUT2D eigenvalue weighted by Crippen LogP contribution is -2.26. The van der Waals surface area contributed by atoms with E-state index in [2.05, 4.69) is 14.9 Å². The van der Waals surface area contributed by atoms with Crippen molar-refractivity contribution in [3.8, 4) is 0 Å². The normalized spacial score (nSPS) is 22.4. The van der Waals surface area contributed by atoms with Crippen molar-refractivity contribution in [2.75, 3.05) is 18.0 Å². The van der Waals surface area contributed by atoms with Crippen molar-refractivity contribution >= 4 is 11.8 Å². The molecule has 1 fully saturated rings. The molecule has 1 aromatic heterocycles. The van der Waals surface area contributed by atoms with Crippen LogP contribution in [0.4, 0.5) is 5.82 Å². The summed E-state index contributed by atoms with van der Waals surface area (Å²) in [6.07, 6.45) is 5.15. The van der Waals surface area contributed by atoms with Crippen molar-refractivity contribution < 1.29 is 9.90 Å². The van der Waals surface area contributed by atoms with Gasteiger partial charge in [0.15, 0.2) is 0 Å². The fourth-order valence-corrected chi connectivity index (χ4v) is 3.11. The lowest BCUT2D eigenvalue weighted by atomic mass is 9.96. The van der Waals surface area contributed by atoms with Gasteiger partial charge in [-0.15, -0.1) is 0 Å². The van der Waals surface area contributed by atoms with Gasteiger partial charge in [0.2, 0.25) is 0 Å². The molecular weight excluding hydrogens is 242 g/mol. The van der Waals surface area contributed by atoms with Crippen LogP contribution in [0.5, 0.6) is 0 Å². The zero-order chi connectivity index (χ0) is 13.4. The minimum absolute atomic E-state index is 0.255. The van der Waals surface area contributed by atoms with Crippen molar-refractivity contribution in [1.29, 1.82) is 0 Å². The van der Waals surface area contributed by atoms with Gasteiger partial charge in [-0.25, -0.2) is 9.97 Å². The second-order valence-corrected chi connectivity index (χ2v) is 5.50. The first kappa shape index (κ1) is 12.4. The molecule has 0 bridgehead atoms. The Labute approximate surface area is 112 Å². The second-order valence-electron chi connectivity index (χ2n) is 5.50. The minimum Gasteiger partial charge on any atom is -0.481 e. The zero-order valence-electron chi connectivity index (χ0n) is 11.2. The van der Waals surface area contributed by atoms with Crippen LogP contribution in [0.3, 0.4) is 0 Å². The summed E-state index contributed by atoms with van der Waals surface area (Å²) in [5, 5.41) is 9.11. The summed E-state index contributed by atoms with van der Waals surface area (Å²) < 4.78 is 0. The van der Waals surface area contributed by atoms with Crippen molar-refractivity contribution in [1.82, 2.24) is 9.97 Å². The van der Waals surface area contributed by atoms with Gasteiger partial charge in [0, 0.05) is 24.3 Å². The van der Waals surface area contributed by atoms with E-state index in [1.165, 1.54) is 24.1 Å². The number of carbonyl (C=O) groups is 1. The molecule has 1 aliphatic carbocycles. The number of aliphatic carboxylic acids is 1. The molecule has 2 aliphatic rings. The van der Waals surface area contributed by atoms with Crippen molar-refractivity contribution in [2.45, 2.75) is 39.0 Å². The molecule has 0 spiro atoms. The maximum absolute atomic E-state index is 11.1. The first-order chi connectivity index (χ1) is 9.15. The van der Waals surface area contributed by atoms with E-state index in [1.54, 1.807) is 0 Å². The number of fused-ring (bicyclic) bond motifs is 1. The fraction of sp³-hybridized carbons (Fsp3) is 0.643. The smallest absolute Gasteiger partial charge is 0.308 e. The Morgan fingerprint density at radius 1 is 1.32 bits per heavy atom. The van der Waals surface area contributed by atoms with Crippen LogP contribution < -0.4 is 4.90 Å². The number of carboxylic acids is 1. The number of anilines is 1. The zero-order valence-corrected chi connectivity index (χ0v) is 11.2. The van der Waals surface area contributed by atoms with Gasteiger partial charge in [-0.2, -0.15) is 0 Å². The monoisotopic (exact) mass is 261 g/mol. The van der Waals surface area contributed by atoms with Crippen LogP contribution >= 0.6 is 0 Å². The van der Waals surface area contributed by atoms with Gasteiger partial charge >= 0.3 is 5.97 Å². The van der Waals surface area contributed by atoms with Crippen LogP contribution in [-0.2, 0) is 17.6 Å². The van der Waals surface area contributed by atoms with E-state index in [0.29, 0.717) is 13.0 Å². The highest BCUT2D eigenvalue weighted by Crippen LogP contribution is 2.31. The first-order valence-electron chi connectivity index (χ1n) is 6.99. The maximum Gasteiger partial charge on any atom is 0.308 e. The highest BCUT2D eigenvalue weighted by Gasteiger charge is 2.31. The molecule has 1 saturated heterocycles. The average molecular weight is 261 g/mol. The standard InChI is InChI=1S/C14H19N3O2/c1-9-15-12-5-3-2-4-11(12)13(16-9)17-7-6-10(8-17)14(18)19/h10H,2-8H2,1H3,(H,18,19)/t10-/m0/s1. The van der Waals surface area contributed by atoms with Gasteiger partial charge in [-0.1, -0.05) is 0 Å². The number of nitrogens with zero attached hydrogens (tertiary/aromatic N) is 3. The Bertz CT molecular complexity index is 516. The summed E-state index contributed by atoms with van der Waals surface area (Å²) in [5.74, 6) is 0.844. The molecule has 5 heteroatoms. The minimum atomic E-state index is -0.692. The Balaban J connectivity index is 1.92. The fourth-order valence-electron chi connectivity index (χ4n) is 3.11. The summed E-state index contributed by atoms with van der Waals surface area (Å²) in [4.78, 5) is 22.3. The summed E-state index contributed by atoms with van der Waals surface area (Å²) in [6, 6.07) is 0. The van der Waals surface area contributed by atoms with Crippen molar-refractivity contribution in [3.05, 3.63) is 17.1 Å². The van der Waals surface area contributed by atoms with Crippen LogP contribution in [0.25, 0.3) is 0 Å². The lowest BCUT2D eigenvalue weighted by molar-refractivity contribution is -0.140. The van der Waals surface area contributed by atoms with E-state index >= 15 is 0 Å². The molecule has 0 unspecified atom stereocenters. The van der Waals surface area contributed by atoms with Crippen molar-refractivity contribution in [3.63, 3.8) is 0 Å². The Morgan fingerprint density at radius 3 is 2.84 bits per heavy atom. The molecule has 1 atom stereocenters. The SMILES string of the molecule is Cc1nc2c(c(N3CC[C@H](C(=O)O)C3)n1)CCCC2. The van der Waals surface area contributed by atoms with Gasteiger partial charge in [0.1, 0.15) is 11.6 Å². The van der Waals surface area contributed by atoms with E-state index in [9.17, 15) is 4.79 Å². The van der Waals surface area contributed by atoms with Gasteiger partial charge in [-0.3, -0.25) is 4.79 Å². The summed E-state index contributed by atoms with van der Waals surface area (Å²) in [7, 11) is 0. The third-order valence-electron chi connectivity index (χ3n) is 4.11. The van der Waals surface area contributed by atoms with Gasteiger partial charge < -0.3 is 10.0 Å². The molecule has 5 nitrogen and oxygen atoms in total. The van der Waals surface area contributed by atoms with Gasteiger partial charge in [0.05, 0.1) is 5.92 Å². The highest BCUT2D eigenvalue weighted by atomic mass is 16.4. The number of aryl methyl sites for hydroxylation is 2. The molecule has 102 valence electrons. The van der Waals surface area contributed by atoms with Crippen LogP contribution in [0.2, 0.25) is 0 Å². The predicted molar refractivity (Wildman–Crippen MR) is 71.4 cm³/mol. The average Bonchev–Trinajstić information content (AvgIpc) is 2.87. The summed E-state index contributed by atoms with van der Waals surface area (Å²) >= 11 is 0. The number of carboxylic acid groups (broad SMARTS) is 1. The number of aromatic nitrogens is 2. The largest absolute Gasteiger partial charge is 0.481 e. The molecule has 2 heterocycles. The molecular formula is C14H19N3O2. The Hall–Kier alpha value is -1.65. The molecule has 19 heavy (non-hydrogen) atoms. The van der Waals surface area contributed by atoms with Crippen LogP contribution in [-0.4, -0.2) is 34.1 Å². The quantitative estimate of drug-likeness (QED) is 0.875. The Morgan fingerprint density at radius 2 is 2.11 bits per heavy atom. The van der Waals surface area contributed by atoms with E-state index in [4.69, 9.17) is 5.11 Å². The van der Waals surface area contributed by atoms with Crippen LogP contribution in [0.1, 0.15) is 36.3 Å². The molecule has 0 aromatic carbocycles. The van der Waals surface area contributed by atoms with Gasteiger partial charge in [-0.05, 0) is 39.0 Å². The number of hydrogen-bond donors (Lipinski definition) is 1. The van der Waals surface area contributed by atoms with E-state index < -0.39 is 5.97 Å². The Kier molecular flexibility index (Phi) is 3.12. The topological polar surface area (TPSA) is 66.3 Å². The van der Waals surface area contributed by atoms with Gasteiger partial charge in [0.25, 0.3) is 0 Å². The maximum atomic E-state index is 11.1. The number of hydrogen-bond acceptors (Lipinski definition) is 4. The molecule has 1 N–H and O–H groups in total. The predicted octanol–water partition coefficient (Wildman–Crippen LogP) is 1.57. The first-order valence-corrected chi connectivity index (χ1v) is 6.99. The summed E-state index contributed by atoms with van der Waals surface area (Å²) in [6.45, 7) is 3.29. The molecule has 1 aromatic rings. The highest BCUT2D eigenvalue weighted by molar-refractivity contribution is 5.72. The van der Waals surface area contributed by atoms with Crippen molar-refractivity contribution in [2.24, 2.45) is 5.92 Å². The lowest BCUT2D eigenvalue weighted by Gasteiger charge is -2.24. The molecule has 0 amide bonds. The van der Waals surface area contributed by atoms with Crippen LogP contribution in [0.15, 0.2) is 0 Å². The van der Waals surface area contributed by atoms with E-state index in [1.807, 2.05) is 6.92 Å². The van der Waals surface area contributed by atoms with E-state index in [0.717, 1.165) is 31.0 Å². The molecule has 0 saturated carbocycles.